The first-order valence-corrected chi connectivity index (χ1v) is 11.2. The Hall–Kier alpha value is -4.44. The summed E-state index contributed by atoms with van der Waals surface area (Å²) >= 11 is 0. The van der Waals surface area contributed by atoms with Crippen molar-refractivity contribution in [2.45, 2.75) is 6.54 Å². The summed E-state index contributed by atoms with van der Waals surface area (Å²) in [6, 6.07) is 10.7. The number of carbonyl (C=O) groups excluding carboxylic acids is 4. The molecule has 2 aromatic carbocycles. The number of nitrogens with zero attached hydrogens (tertiary/aromatic N) is 2. The van der Waals surface area contributed by atoms with Crippen LogP contribution in [-0.2, 0) is 25.7 Å². The van der Waals surface area contributed by atoms with Crippen LogP contribution in [0.4, 0.5) is 5.69 Å². The van der Waals surface area contributed by atoms with Crippen LogP contribution in [0.25, 0.3) is 11.1 Å². The van der Waals surface area contributed by atoms with Crippen molar-refractivity contribution in [1.29, 1.82) is 0 Å². The van der Waals surface area contributed by atoms with Crippen molar-refractivity contribution in [3.63, 3.8) is 0 Å². The van der Waals surface area contributed by atoms with E-state index in [2.05, 4.69) is 23.8 Å². The van der Waals surface area contributed by atoms with Crippen LogP contribution in [0.3, 0.4) is 0 Å². The summed E-state index contributed by atoms with van der Waals surface area (Å²) in [7, 11) is 3.09. The third kappa shape index (κ3) is 4.71. The van der Waals surface area contributed by atoms with Gasteiger partial charge in [0.05, 0.1) is 24.5 Å². The van der Waals surface area contributed by atoms with Crippen LogP contribution in [0.1, 0.15) is 15.9 Å². The maximum Gasteiger partial charge on any atom is 0.271 e. The van der Waals surface area contributed by atoms with E-state index in [0.717, 1.165) is 16.7 Å². The van der Waals surface area contributed by atoms with Gasteiger partial charge < -0.3 is 25.0 Å². The lowest BCUT2D eigenvalue weighted by molar-refractivity contribution is -0.128. The van der Waals surface area contributed by atoms with Gasteiger partial charge in [-0.3, -0.25) is 24.1 Å². The van der Waals surface area contributed by atoms with Gasteiger partial charge >= 0.3 is 0 Å². The van der Waals surface area contributed by atoms with Crippen molar-refractivity contribution in [3.05, 3.63) is 72.1 Å². The SMILES string of the molecule is C=C(NC(=O)C(=C)N1Cc2c(cccc2-c2ccc3c(c2)OCC(=O)N3)C1=O)C(=O)N(C)CCOC. The molecule has 0 saturated heterocycles. The molecule has 0 unspecified atom stereocenters. The van der Waals surface area contributed by atoms with E-state index in [-0.39, 0.29) is 36.4 Å². The monoisotopic (exact) mass is 490 g/mol. The molecule has 2 heterocycles. The summed E-state index contributed by atoms with van der Waals surface area (Å²) in [5.41, 5.74) is 3.10. The summed E-state index contributed by atoms with van der Waals surface area (Å²) in [5.74, 6) is -1.23. The zero-order valence-electron chi connectivity index (χ0n) is 20.1. The Bertz CT molecular complexity index is 1300. The molecule has 186 valence electrons. The number of likely N-dealkylation sites (N-methyl/N-ethyl adjacent to an activating group) is 1. The number of benzene rings is 2. The molecule has 2 aliphatic rings. The molecule has 0 spiro atoms. The normalized spacial score (nSPS) is 13.8. The van der Waals surface area contributed by atoms with Crippen molar-refractivity contribution >= 4 is 29.3 Å². The highest BCUT2D eigenvalue weighted by Gasteiger charge is 2.34. The number of amides is 4. The Morgan fingerprint density at radius 3 is 2.69 bits per heavy atom. The summed E-state index contributed by atoms with van der Waals surface area (Å²) in [6.07, 6.45) is 0. The first-order chi connectivity index (χ1) is 17.2. The molecule has 2 N–H and O–H groups in total. The summed E-state index contributed by atoms with van der Waals surface area (Å²) in [6.45, 7) is 8.15. The van der Waals surface area contributed by atoms with Crippen LogP contribution in [0.2, 0.25) is 0 Å². The van der Waals surface area contributed by atoms with Gasteiger partial charge in [0.15, 0.2) is 6.61 Å². The van der Waals surface area contributed by atoms with Crippen molar-refractivity contribution in [3.8, 4) is 16.9 Å². The molecule has 36 heavy (non-hydrogen) atoms. The van der Waals surface area contributed by atoms with Crippen molar-refractivity contribution in [2.75, 3.05) is 39.2 Å². The first kappa shape index (κ1) is 24.7. The fourth-order valence-electron chi connectivity index (χ4n) is 4.01. The molecule has 10 nitrogen and oxygen atoms in total. The molecule has 2 aromatic rings. The minimum atomic E-state index is -0.700. The van der Waals surface area contributed by atoms with Gasteiger partial charge in [0.2, 0.25) is 0 Å². The number of rotatable bonds is 8. The molecule has 0 aromatic heterocycles. The first-order valence-electron chi connectivity index (χ1n) is 11.2. The molecule has 10 heteroatoms. The Kier molecular flexibility index (Phi) is 6.89. The number of hydrogen-bond acceptors (Lipinski definition) is 6. The van der Waals surface area contributed by atoms with E-state index in [1.165, 1.54) is 16.9 Å². The van der Waals surface area contributed by atoms with E-state index in [1.807, 2.05) is 12.1 Å². The van der Waals surface area contributed by atoms with Crippen LogP contribution in [0.15, 0.2) is 61.0 Å². The van der Waals surface area contributed by atoms with Crippen molar-refractivity contribution < 1.29 is 28.7 Å². The zero-order chi connectivity index (χ0) is 26.0. The zero-order valence-corrected chi connectivity index (χ0v) is 20.1. The molecule has 0 saturated carbocycles. The Morgan fingerprint density at radius 1 is 1.19 bits per heavy atom. The Balaban J connectivity index is 1.50. The summed E-state index contributed by atoms with van der Waals surface area (Å²) < 4.78 is 10.5. The molecule has 0 fully saturated rings. The van der Waals surface area contributed by atoms with Gasteiger partial charge in [-0.15, -0.1) is 0 Å². The van der Waals surface area contributed by atoms with Crippen molar-refractivity contribution in [1.82, 2.24) is 15.1 Å². The largest absolute Gasteiger partial charge is 0.482 e. The topological polar surface area (TPSA) is 117 Å². The van der Waals surface area contributed by atoms with Crippen LogP contribution in [0, 0.1) is 0 Å². The van der Waals surface area contributed by atoms with Crippen LogP contribution in [-0.4, -0.2) is 67.3 Å². The predicted octanol–water partition coefficient (Wildman–Crippen LogP) is 1.89. The number of anilines is 1. The van der Waals surface area contributed by atoms with Crippen LogP contribution in [0.5, 0.6) is 5.75 Å². The average molecular weight is 491 g/mol. The number of methoxy groups -OCH3 is 1. The van der Waals surface area contributed by atoms with Gasteiger partial charge in [0.25, 0.3) is 23.6 Å². The lowest BCUT2D eigenvalue weighted by Gasteiger charge is -2.21. The predicted molar refractivity (Wildman–Crippen MR) is 132 cm³/mol. The molecule has 0 bridgehead atoms. The number of ether oxygens (including phenoxy) is 2. The third-order valence-electron chi connectivity index (χ3n) is 5.98. The fraction of sp³-hybridized carbons (Fsp3) is 0.231. The number of hydrogen-bond donors (Lipinski definition) is 2. The van der Waals surface area contributed by atoms with Gasteiger partial charge in [0, 0.05) is 26.3 Å². The highest BCUT2D eigenvalue weighted by atomic mass is 16.5. The van der Waals surface area contributed by atoms with Gasteiger partial charge in [0.1, 0.15) is 11.4 Å². The second kappa shape index (κ2) is 10.0. The minimum absolute atomic E-state index is 0.0689. The van der Waals surface area contributed by atoms with Gasteiger partial charge in [-0.1, -0.05) is 31.4 Å². The molecule has 0 aliphatic carbocycles. The molecule has 2 aliphatic heterocycles. The molecule has 4 rings (SSSR count). The summed E-state index contributed by atoms with van der Waals surface area (Å²) in [5, 5.41) is 5.19. The molecular formula is C26H26N4O6. The maximum absolute atomic E-state index is 13.1. The molecule has 0 atom stereocenters. The highest BCUT2D eigenvalue weighted by Crippen LogP contribution is 2.38. The third-order valence-corrected chi connectivity index (χ3v) is 5.98. The lowest BCUT2D eigenvalue weighted by Crippen LogP contribution is -2.40. The Labute approximate surface area is 208 Å². The molecular weight excluding hydrogens is 464 g/mol. The quantitative estimate of drug-likeness (QED) is 0.546. The summed E-state index contributed by atoms with van der Waals surface area (Å²) in [4.78, 5) is 52.5. The fourth-order valence-corrected chi connectivity index (χ4v) is 4.01. The molecule has 4 amide bonds. The number of carbonyl (C=O) groups is 4. The maximum atomic E-state index is 13.1. The number of nitrogens with one attached hydrogen (secondary N) is 2. The van der Waals surface area contributed by atoms with E-state index >= 15 is 0 Å². The van der Waals surface area contributed by atoms with Crippen LogP contribution >= 0.6 is 0 Å². The average Bonchev–Trinajstić information content (AvgIpc) is 3.22. The van der Waals surface area contributed by atoms with E-state index in [4.69, 9.17) is 9.47 Å². The van der Waals surface area contributed by atoms with E-state index < -0.39 is 11.8 Å². The lowest BCUT2D eigenvalue weighted by atomic mass is 9.96. The van der Waals surface area contributed by atoms with E-state index in [9.17, 15) is 19.2 Å². The van der Waals surface area contributed by atoms with Gasteiger partial charge in [-0.05, 0) is 34.9 Å². The molecule has 0 radical (unpaired) electrons. The highest BCUT2D eigenvalue weighted by molar-refractivity contribution is 6.08. The standard InChI is InChI=1S/C26H26N4O6/c1-15(25(33)29(3)10-11-35-4)27-24(32)16(2)30-13-20-18(6-5-7-19(20)26(30)34)17-8-9-21-22(12-17)36-14-23(31)28-21/h5-9,12H,1-2,10-11,13-14H2,3-4H3,(H,27,32)(H,28,31). The minimum Gasteiger partial charge on any atom is -0.482 e. The second-order valence-corrected chi connectivity index (χ2v) is 8.37. The van der Waals surface area contributed by atoms with Gasteiger partial charge in [-0.25, -0.2) is 0 Å². The Morgan fingerprint density at radius 2 is 1.94 bits per heavy atom. The van der Waals surface area contributed by atoms with Crippen LogP contribution < -0.4 is 15.4 Å². The van der Waals surface area contributed by atoms with E-state index in [0.29, 0.717) is 30.2 Å². The van der Waals surface area contributed by atoms with Crippen molar-refractivity contribution in [2.24, 2.45) is 0 Å². The smallest absolute Gasteiger partial charge is 0.271 e. The van der Waals surface area contributed by atoms with E-state index in [1.54, 1.807) is 31.3 Å². The second-order valence-electron chi connectivity index (χ2n) is 8.37. The number of fused-ring (bicyclic) bond motifs is 2. The van der Waals surface area contributed by atoms with Gasteiger partial charge in [-0.2, -0.15) is 0 Å².